The molecule has 0 radical (unpaired) electrons. The summed E-state index contributed by atoms with van der Waals surface area (Å²) in [6.07, 6.45) is 3.02. The van der Waals surface area contributed by atoms with Crippen molar-refractivity contribution in [2.75, 3.05) is 31.2 Å². The molecular weight excluding hydrogens is 364 g/mol. The van der Waals surface area contributed by atoms with E-state index in [1.165, 1.54) is 28.8 Å². The van der Waals surface area contributed by atoms with E-state index in [0.29, 0.717) is 50.6 Å². The average molecular weight is 386 g/mol. The molecule has 3 rings (SSSR count). The van der Waals surface area contributed by atoms with Crippen molar-refractivity contribution >= 4 is 38.3 Å². The fraction of sp³-hybridized carbons (Fsp3) is 0.667. The number of nitrogens with one attached hydrogen (secondary N) is 1. The van der Waals surface area contributed by atoms with Crippen LogP contribution in [0.4, 0.5) is 5.13 Å². The van der Waals surface area contributed by atoms with Crippen LogP contribution in [0.15, 0.2) is 0 Å². The summed E-state index contributed by atoms with van der Waals surface area (Å²) in [6.45, 7) is 3.38. The number of anilines is 1. The summed E-state index contributed by atoms with van der Waals surface area (Å²) in [5.41, 5.74) is 0.949. The third kappa shape index (κ3) is 4.18. The van der Waals surface area contributed by atoms with Crippen LogP contribution in [0.2, 0.25) is 0 Å². The molecule has 1 N–H and O–H groups in total. The second kappa shape index (κ2) is 7.00. The smallest absolute Gasteiger partial charge is 0.226 e. The first-order valence-corrected chi connectivity index (χ1v) is 10.9. The van der Waals surface area contributed by atoms with Crippen molar-refractivity contribution in [3.63, 3.8) is 0 Å². The lowest BCUT2D eigenvalue weighted by Gasteiger charge is -2.34. The number of fused-ring (bicyclic) bond motifs is 1. The van der Waals surface area contributed by atoms with Gasteiger partial charge >= 0.3 is 0 Å². The second-order valence-corrected chi connectivity index (χ2v) is 9.58. The predicted molar refractivity (Wildman–Crippen MR) is 94.7 cm³/mol. The molecule has 1 fully saturated rings. The maximum atomic E-state index is 12.8. The lowest BCUT2D eigenvalue weighted by molar-refractivity contribution is -0.137. The molecule has 0 spiro atoms. The number of carbonyl (C=O) groups is 2. The molecular formula is C15H22N4O4S2. The molecule has 3 heterocycles. The molecule has 1 aromatic rings. The largest absolute Gasteiger partial charge is 0.337 e. The minimum absolute atomic E-state index is 0.0910. The molecule has 2 amide bonds. The van der Waals surface area contributed by atoms with Gasteiger partial charge in [0.2, 0.25) is 21.8 Å². The van der Waals surface area contributed by atoms with Gasteiger partial charge in [-0.15, -0.1) is 0 Å². The molecule has 25 heavy (non-hydrogen) atoms. The summed E-state index contributed by atoms with van der Waals surface area (Å²) in [5, 5.41) is 3.27. The van der Waals surface area contributed by atoms with Crippen LogP contribution in [0.3, 0.4) is 0 Å². The van der Waals surface area contributed by atoms with Crippen LogP contribution in [0, 0.1) is 5.92 Å². The monoisotopic (exact) mass is 386 g/mol. The van der Waals surface area contributed by atoms with Crippen molar-refractivity contribution in [1.82, 2.24) is 14.2 Å². The number of nitrogens with zero attached hydrogens (tertiary/aromatic N) is 3. The number of rotatable bonds is 3. The molecule has 0 aliphatic carbocycles. The zero-order valence-corrected chi connectivity index (χ0v) is 16.0. The van der Waals surface area contributed by atoms with Gasteiger partial charge in [0, 0.05) is 43.8 Å². The van der Waals surface area contributed by atoms with Crippen LogP contribution >= 0.6 is 11.3 Å². The van der Waals surface area contributed by atoms with E-state index in [0.717, 1.165) is 10.6 Å². The maximum absolute atomic E-state index is 12.8. The summed E-state index contributed by atoms with van der Waals surface area (Å²) in [7, 11) is -3.18. The first-order valence-electron chi connectivity index (χ1n) is 8.24. The molecule has 10 heteroatoms. The quantitative estimate of drug-likeness (QED) is 0.823. The Bertz CT molecular complexity index is 781. The topological polar surface area (TPSA) is 99.7 Å². The highest BCUT2D eigenvalue weighted by molar-refractivity contribution is 7.88. The average Bonchev–Trinajstić information content (AvgIpc) is 2.93. The molecule has 8 nitrogen and oxygen atoms in total. The van der Waals surface area contributed by atoms with E-state index in [4.69, 9.17) is 0 Å². The third-order valence-corrected chi connectivity index (χ3v) is 6.90. The molecule has 2 aliphatic heterocycles. The summed E-state index contributed by atoms with van der Waals surface area (Å²) >= 11 is 1.41. The number of carbonyl (C=O) groups excluding carboxylic acids is 2. The number of thiazole rings is 1. The minimum Gasteiger partial charge on any atom is -0.337 e. The van der Waals surface area contributed by atoms with E-state index in [-0.39, 0.29) is 17.7 Å². The van der Waals surface area contributed by atoms with Crippen molar-refractivity contribution in [2.24, 2.45) is 5.92 Å². The Labute approximate surface area is 151 Å². The first-order chi connectivity index (χ1) is 11.7. The Morgan fingerprint density at radius 2 is 1.92 bits per heavy atom. The fourth-order valence-electron chi connectivity index (χ4n) is 3.28. The Hall–Kier alpha value is -1.52. The van der Waals surface area contributed by atoms with Crippen LogP contribution in [-0.4, -0.2) is 60.3 Å². The Morgan fingerprint density at radius 1 is 1.24 bits per heavy atom. The van der Waals surface area contributed by atoms with Crippen molar-refractivity contribution in [2.45, 2.75) is 32.7 Å². The van der Waals surface area contributed by atoms with Crippen LogP contribution in [-0.2, 0) is 32.6 Å². The molecule has 0 saturated carbocycles. The van der Waals surface area contributed by atoms with Crippen LogP contribution < -0.4 is 5.32 Å². The summed E-state index contributed by atoms with van der Waals surface area (Å²) < 4.78 is 24.6. The molecule has 2 aliphatic rings. The molecule has 0 unspecified atom stereocenters. The van der Waals surface area contributed by atoms with E-state index < -0.39 is 10.0 Å². The Kier molecular flexibility index (Phi) is 5.12. The van der Waals surface area contributed by atoms with Gasteiger partial charge in [0.1, 0.15) is 0 Å². The molecule has 1 saturated heterocycles. The van der Waals surface area contributed by atoms with Gasteiger partial charge in [-0.25, -0.2) is 17.7 Å². The van der Waals surface area contributed by atoms with Crippen LogP contribution in [0.5, 0.6) is 0 Å². The van der Waals surface area contributed by atoms with Crippen molar-refractivity contribution < 1.29 is 18.0 Å². The van der Waals surface area contributed by atoms with E-state index in [1.807, 2.05) is 4.90 Å². The van der Waals surface area contributed by atoms with Gasteiger partial charge in [0.05, 0.1) is 18.5 Å². The van der Waals surface area contributed by atoms with Gasteiger partial charge in [0.15, 0.2) is 5.13 Å². The lowest BCUT2D eigenvalue weighted by atomic mass is 9.96. The SMILES string of the molecule is CC(=O)Nc1nc2c(s1)CN(C(=O)C1CCN(S(C)(=O)=O)CC1)CC2. The normalized spacial score (nSPS) is 19.5. The second-order valence-electron chi connectivity index (χ2n) is 6.52. The van der Waals surface area contributed by atoms with E-state index in [2.05, 4.69) is 10.3 Å². The van der Waals surface area contributed by atoms with Crippen LogP contribution in [0.1, 0.15) is 30.3 Å². The van der Waals surface area contributed by atoms with E-state index in [9.17, 15) is 18.0 Å². The number of piperidine rings is 1. The van der Waals surface area contributed by atoms with Gasteiger partial charge in [-0.1, -0.05) is 11.3 Å². The standard InChI is InChI=1S/C15H22N4O4S2/c1-10(20)16-15-17-12-5-6-18(9-13(12)24-15)14(21)11-3-7-19(8-4-11)25(2,22)23/h11H,3-9H2,1-2H3,(H,16,17,20). The maximum Gasteiger partial charge on any atom is 0.226 e. The summed E-state index contributed by atoms with van der Waals surface area (Å²) in [6, 6.07) is 0. The van der Waals surface area contributed by atoms with Gasteiger partial charge in [0.25, 0.3) is 0 Å². The lowest BCUT2D eigenvalue weighted by Crippen LogP contribution is -2.45. The minimum atomic E-state index is -3.18. The number of sulfonamides is 1. The molecule has 0 bridgehead atoms. The van der Waals surface area contributed by atoms with Crippen LogP contribution in [0.25, 0.3) is 0 Å². The highest BCUT2D eigenvalue weighted by atomic mass is 32.2. The zero-order chi connectivity index (χ0) is 18.2. The molecule has 0 atom stereocenters. The number of hydrogen-bond donors (Lipinski definition) is 1. The fourth-order valence-corrected chi connectivity index (χ4v) is 5.22. The molecule has 138 valence electrons. The van der Waals surface area contributed by atoms with Gasteiger partial charge < -0.3 is 10.2 Å². The van der Waals surface area contributed by atoms with Gasteiger partial charge in [-0.2, -0.15) is 0 Å². The first kappa shape index (κ1) is 18.3. The van der Waals surface area contributed by atoms with Crippen molar-refractivity contribution in [1.29, 1.82) is 0 Å². The Morgan fingerprint density at radius 3 is 2.52 bits per heavy atom. The number of aromatic nitrogens is 1. The predicted octanol–water partition coefficient (Wildman–Crippen LogP) is 0.658. The Balaban J connectivity index is 1.61. The van der Waals surface area contributed by atoms with Gasteiger partial charge in [-0.3, -0.25) is 9.59 Å². The number of amides is 2. The zero-order valence-electron chi connectivity index (χ0n) is 14.3. The molecule has 0 aromatic carbocycles. The highest BCUT2D eigenvalue weighted by Crippen LogP contribution is 2.30. The van der Waals surface area contributed by atoms with E-state index in [1.54, 1.807) is 0 Å². The summed E-state index contributed by atoms with van der Waals surface area (Å²) in [5.74, 6) is -0.188. The highest BCUT2D eigenvalue weighted by Gasteiger charge is 2.33. The third-order valence-electron chi connectivity index (χ3n) is 4.60. The summed E-state index contributed by atoms with van der Waals surface area (Å²) in [4.78, 5) is 31.2. The van der Waals surface area contributed by atoms with E-state index >= 15 is 0 Å². The van der Waals surface area contributed by atoms with Gasteiger partial charge in [-0.05, 0) is 12.8 Å². The number of hydrogen-bond acceptors (Lipinski definition) is 6. The van der Waals surface area contributed by atoms with Crippen molar-refractivity contribution in [3.05, 3.63) is 10.6 Å². The van der Waals surface area contributed by atoms with Crippen molar-refractivity contribution in [3.8, 4) is 0 Å². The molecule has 1 aromatic heterocycles.